The van der Waals surface area contributed by atoms with Crippen molar-refractivity contribution in [1.82, 2.24) is 5.32 Å². The molecule has 0 spiro atoms. The minimum absolute atomic E-state index is 0.0299. The molecule has 13 heteroatoms. The number of amides is 1. The molecule has 42 heavy (non-hydrogen) atoms. The highest BCUT2D eigenvalue weighted by atomic mass is 19.4. The molecular weight excluding hydrogens is 572 g/mol. The predicted molar refractivity (Wildman–Crippen MR) is 142 cm³/mol. The Morgan fingerprint density at radius 1 is 1.00 bits per heavy atom. The number of nitrogens with one attached hydrogen (secondary N) is 1. The van der Waals surface area contributed by atoms with Crippen molar-refractivity contribution in [3.8, 4) is 11.5 Å². The number of methoxy groups -OCH3 is 1. The number of carbonyl (C=O) groups is 1. The van der Waals surface area contributed by atoms with E-state index in [9.17, 15) is 31.1 Å². The number of alkyl carbamates (subject to hydrolysis) is 1. The van der Waals surface area contributed by atoms with Crippen LogP contribution in [0.1, 0.15) is 63.1 Å². The second-order valence-electron chi connectivity index (χ2n) is 10.7. The molecule has 0 radical (unpaired) electrons. The zero-order valence-corrected chi connectivity index (χ0v) is 24.2. The van der Waals surface area contributed by atoms with Gasteiger partial charge in [-0.15, -0.1) is 13.2 Å². The first-order chi connectivity index (χ1) is 19.5. The number of halogens is 6. The van der Waals surface area contributed by atoms with Gasteiger partial charge in [0.2, 0.25) is 0 Å². The van der Waals surface area contributed by atoms with Crippen LogP contribution in [-0.2, 0) is 26.8 Å². The molecule has 2 rings (SSSR count). The fraction of sp³-hybridized carbons (Fsp3) is 0.552. The van der Waals surface area contributed by atoms with Crippen LogP contribution >= 0.6 is 0 Å². The lowest BCUT2D eigenvalue weighted by Gasteiger charge is -2.26. The zero-order valence-electron chi connectivity index (χ0n) is 24.2. The van der Waals surface area contributed by atoms with Gasteiger partial charge in [0.1, 0.15) is 23.9 Å². The Kier molecular flexibility index (Phi) is 12.8. The van der Waals surface area contributed by atoms with E-state index in [2.05, 4.69) is 10.1 Å². The van der Waals surface area contributed by atoms with Crippen LogP contribution in [0.25, 0.3) is 0 Å². The van der Waals surface area contributed by atoms with Crippen molar-refractivity contribution in [3.05, 3.63) is 59.2 Å². The summed E-state index contributed by atoms with van der Waals surface area (Å²) in [5, 5.41) is 2.70. The fourth-order valence-corrected chi connectivity index (χ4v) is 4.04. The van der Waals surface area contributed by atoms with Gasteiger partial charge in [0.15, 0.2) is 0 Å². The van der Waals surface area contributed by atoms with E-state index in [0.29, 0.717) is 11.1 Å². The van der Waals surface area contributed by atoms with Gasteiger partial charge in [0, 0.05) is 7.11 Å². The number of hydrogen-bond acceptors (Lipinski definition) is 6. The molecule has 7 nitrogen and oxygen atoms in total. The lowest BCUT2D eigenvalue weighted by molar-refractivity contribution is -0.274. The number of alkyl halides is 6. The first-order valence-electron chi connectivity index (χ1n) is 13.2. The molecule has 2 aromatic rings. The molecule has 0 aromatic heterocycles. The van der Waals surface area contributed by atoms with Gasteiger partial charge >= 0.3 is 18.6 Å². The van der Waals surface area contributed by atoms with Gasteiger partial charge in [-0.3, -0.25) is 0 Å². The van der Waals surface area contributed by atoms with E-state index < -0.39 is 41.8 Å². The number of ether oxygens (including phenoxy) is 5. The summed E-state index contributed by atoms with van der Waals surface area (Å²) >= 11 is 0. The third kappa shape index (κ3) is 13.2. The van der Waals surface area contributed by atoms with E-state index in [1.54, 1.807) is 33.8 Å². The summed E-state index contributed by atoms with van der Waals surface area (Å²) in [5.41, 5.74) is -0.806. The molecule has 0 aliphatic heterocycles. The number of carbonyl (C=O) groups excluding carboxylic acids is 1. The van der Waals surface area contributed by atoms with Gasteiger partial charge < -0.3 is 29.0 Å². The highest BCUT2D eigenvalue weighted by Gasteiger charge is 2.35. The lowest BCUT2D eigenvalue weighted by atomic mass is 9.92. The number of aryl methyl sites for hydroxylation is 1. The Morgan fingerprint density at radius 2 is 1.71 bits per heavy atom. The first kappa shape index (κ1) is 35.0. The summed E-state index contributed by atoms with van der Waals surface area (Å²) in [7, 11) is 1.44. The van der Waals surface area contributed by atoms with E-state index >= 15 is 0 Å². The Balaban J connectivity index is 2.07. The van der Waals surface area contributed by atoms with Crippen molar-refractivity contribution in [3.63, 3.8) is 0 Å². The van der Waals surface area contributed by atoms with Crippen molar-refractivity contribution in [2.45, 2.75) is 77.1 Å². The number of hydrogen-bond donors (Lipinski definition) is 1. The molecule has 0 aliphatic rings. The Labute approximate surface area is 241 Å². The highest BCUT2D eigenvalue weighted by molar-refractivity contribution is 5.68. The maximum Gasteiger partial charge on any atom is 0.573 e. The molecule has 1 amide bonds. The van der Waals surface area contributed by atoms with Gasteiger partial charge in [-0.05, 0) is 81.3 Å². The summed E-state index contributed by atoms with van der Waals surface area (Å²) in [4.78, 5) is 12.3. The van der Waals surface area contributed by atoms with E-state index in [-0.39, 0.29) is 50.8 Å². The van der Waals surface area contributed by atoms with Crippen LogP contribution in [0.4, 0.5) is 31.1 Å². The van der Waals surface area contributed by atoms with Crippen LogP contribution in [0, 0.1) is 0 Å². The number of benzene rings is 2. The lowest BCUT2D eigenvalue weighted by Crippen LogP contribution is -2.42. The average Bonchev–Trinajstić information content (AvgIpc) is 2.84. The summed E-state index contributed by atoms with van der Waals surface area (Å²) in [6.45, 7) is 6.78. The largest absolute Gasteiger partial charge is 0.573 e. The molecule has 0 saturated carbocycles. The third-order valence-electron chi connectivity index (χ3n) is 5.76. The second kappa shape index (κ2) is 15.3. The minimum Gasteiger partial charge on any atom is -0.493 e. The highest BCUT2D eigenvalue weighted by Crippen LogP contribution is 2.39. The molecule has 0 fully saturated rings. The summed E-state index contributed by atoms with van der Waals surface area (Å²) in [6, 6.07) is 8.57. The van der Waals surface area contributed by atoms with Crippen LogP contribution in [-0.4, -0.2) is 51.2 Å². The summed E-state index contributed by atoms with van der Waals surface area (Å²) < 4.78 is 104. The minimum atomic E-state index is -4.83. The topological polar surface area (TPSA) is 75.3 Å². The predicted octanol–water partition coefficient (Wildman–Crippen LogP) is 7.62. The van der Waals surface area contributed by atoms with E-state index in [4.69, 9.17) is 18.9 Å². The van der Waals surface area contributed by atoms with Gasteiger partial charge in [-0.2, -0.15) is 13.2 Å². The van der Waals surface area contributed by atoms with Crippen molar-refractivity contribution >= 4 is 6.09 Å². The molecule has 2 unspecified atom stereocenters. The van der Waals surface area contributed by atoms with Crippen molar-refractivity contribution < 1.29 is 54.8 Å². The molecular formula is C29H37F6NO6. The maximum absolute atomic E-state index is 14.0. The van der Waals surface area contributed by atoms with Gasteiger partial charge in [0.25, 0.3) is 0 Å². The molecule has 236 valence electrons. The van der Waals surface area contributed by atoms with E-state index in [0.717, 1.165) is 12.1 Å². The van der Waals surface area contributed by atoms with Gasteiger partial charge in [0.05, 0.1) is 24.8 Å². The third-order valence-corrected chi connectivity index (χ3v) is 5.76. The van der Waals surface area contributed by atoms with Gasteiger partial charge in [-0.25, -0.2) is 4.79 Å². The van der Waals surface area contributed by atoms with Crippen LogP contribution < -0.4 is 14.8 Å². The SMILES string of the molecule is COCOCC(CC(C)c1ccc(OCCCc2cccc(OC(F)(F)F)c2)c(C(F)(F)F)c1)NC(=O)OC(C)(C)C. The van der Waals surface area contributed by atoms with Crippen molar-refractivity contribution in [2.75, 3.05) is 27.1 Å². The molecule has 0 aliphatic carbocycles. The first-order valence-corrected chi connectivity index (χ1v) is 13.2. The van der Waals surface area contributed by atoms with Gasteiger partial charge in [-0.1, -0.05) is 25.1 Å². The normalized spacial score (nSPS) is 13.8. The van der Waals surface area contributed by atoms with Crippen LogP contribution in [0.5, 0.6) is 11.5 Å². The number of rotatable bonds is 14. The van der Waals surface area contributed by atoms with Crippen LogP contribution in [0.3, 0.4) is 0 Å². The Bertz CT molecular complexity index is 1130. The maximum atomic E-state index is 14.0. The smallest absolute Gasteiger partial charge is 0.493 e. The van der Waals surface area contributed by atoms with E-state index in [1.807, 2.05) is 0 Å². The monoisotopic (exact) mass is 609 g/mol. The summed E-state index contributed by atoms with van der Waals surface area (Å²) in [6.07, 6.45) is -9.44. The molecule has 0 heterocycles. The molecule has 0 saturated heterocycles. The van der Waals surface area contributed by atoms with Crippen molar-refractivity contribution in [2.24, 2.45) is 0 Å². The van der Waals surface area contributed by atoms with E-state index in [1.165, 1.54) is 31.4 Å². The quantitative estimate of drug-likeness (QED) is 0.135. The molecule has 1 N–H and O–H groups in total. The summed E-state index contributed by atoms with van der Waals surface area (Å²) in [5.74, 6) is -1.16. The molecule has 2 atom stereocenters. The second-order valence-corrected chi connectivity index (χ2v) is 10.7. The van der Waals surface area contributed by atoms with Crippen molar-refractivity contribution in [1.29, 1.82) is 0 Å². The molecule has 2 aromatic carbocycles. The standard InChI is InChI=1S/C29H37F6NO6/c1-19(14-22(17-39-18-38-5)36-26(37)42-27(2,3)4)21-11-12-25(24(16-21)28(30,31)32)40-13-7-9-20-8-6-10-23(15-20)41-29(33,34)35/h6,8,10-12,15-16,19,22H,7,9,13-14,17-18H2,1-5H3,(H,36,37). The zero-order chi connectivity index (χ0) is 31.6. The Hall–Kier alpha value is -3.19. The van der Waals surface area contributed by atoms with Crippen LogP contribution in [0.2, 0.25) is 0 Å². The average molecular weight is 610 g/mol. The Morgan fingerprint density at radius 3 is 2.33 bits per heavy atom. The molecule has 0 bridgehead atoms. The van der Waals surface area contributed by atoms with Crippen LogP contribution in [0.15, 0.2) is 42.5 Å². The fourth-order valence-electron chi connectivity index (χ4n) is 4.04.